The van der Waals surface area contributed by atoms with Crippen LogP contribution in [0.1, 0.15) is 20.8 Å². The highest BCUT2D eigenvalue weighted by Crippen LogP contribution is 2.27. The molecule has 1 aromatic rings. The SMILES string of the molecule is C[S+](C)N(c1ccc(Cl)cc1)C(C)(C)C.[Cl-]. The van der Waals surface area contributed by atoms with E-state index in [0.29, 0.717) is 0 Å². The summed E-state index contributed by atoms with van der Waals surface area (Å²) in [6, 6.07) is 8.06. The average molecular weight is 280 g/mol. The molecule has 0 amide bonds. The molecule has 0 heterocycles. The lowest BCUT2D eigenvalue weighted by molar-refractivity contribution is -0.00000373. The Morgan fingerprint density at radius 1 is 1.06 bits per heavy atom. The molecule has 0 aromatic heterocycles. The van der Waals surface area contributed by atoms with Gasteiger partial charge in [-0.1, -0.05) is 11.6 Å². The Hall–Kier alpha value is -0.0500. The molecule has 0 bridgehead atoms. The number of anilines is 1. The number of rotatable bonds is 2. The Labute approximate surface area is 113 Å². The van der Waals surface area contributed by atoms with Crippen LogP contribution in [0.2, 0.25) is 5.02 Å². The third-order valence-electron chi connectivity index (χ3n) is 2.04. The topological polar surface area (TPSA) is 3.24 Å². The summed E-state index contributed by atoms with van der Waals surface area (Å²) < 4.78 is 2.42. The maximum absolute atomic E-state index is 5.89. The van der Waals surface area contributed by atoms with Crippen LogP contribution < -0.4 is 16.7 Å². The first-order valence-corrected chi connectivity index (χ1v) is 7.33. The molecule has 1 rings (SSSR count). The second-order valence-electron chi connectivity index (χ2n) is 4.72. The Kier molecular flexibility index (Phi) is 6.02. The Bertz CT molecular complexity index is 317. The zero-order valence-corrected chi connectivity index (χ0v) is 12.7. The fourth-order valence-corrected chi connectivity index (χ4v) is 3.49. The van der Waals surface area contributed by atoms with Crippen LogP contribution in [0, 0.1) is 0 Å². The molecule has 0 saturated carbocycles. The van der Waals surface area contributed by atoms with Gasteiger partial charge in [-0.2, -0.15) is 4.31 Å². The summed E-state index contributed by atoms with van der Waals surface area (Å²) in [5.74, 6) is 0. The van der Waals surface area contributed by atoms with Crippen LogP contribution >= 0.6 is 11.6 Å². The lowest BCUT2D eigenvalue weighted by Gasteiger charge is -2.32. The molecule has 0 spiro atoms. The number of nitrogens with zero attached hydrogens (tertiary/aromatic N) is 1. The molecule has 0 aliphatic rings. The van der Waals surface area contributed by atoms with Crippen LogP contribution in [-0.4, -0.2) is 18.1 Å². The van der Waals surface area contributed by atoms with Crippen molar-refractivity contribution in [2.75, 3.05) is 16.8 Å². The summed E-state index contributed by atoms with van der Waals surface area (Å²) in [5, 5.41) is 0.791. The van der Waals surface area contributed by atoms with E-state index in [1.807, 2.05) is 12.1 Å². The number of halogens is 2. The minimum Gasteiger partial charge on any atom is -1.00 e. The lowest BCUT2D eigenvalue weighted by Crippen LogP contribution is -3.00. The minimum absolute atomic E-state index is 0. The number of hydrogen-bond acceptors (Lipinski definition) is 1. The first kappa shape index (κ1) is 16.0. The van der Waals surface area contributed by atoms with Crippen LogP contribution in [-0.2, 0) is 11.1 Å². The second-order valence-corrected chi connectivity index (χ2v) is 7.06. The standard InChI is InChI=1S/C12H19ClNS.ClH/c1-12(2,3)14(15(4)5)11-8-6-10(13)7-9-11;/h6-9H,1-5H3;1H/q+1;/p-1. The molecule has 16 heavy (non-hydrogen) atoms. The maximum atomic E-state index is 5.89. The highest BCUT2D eigenvalue weighted by molar-refractivity contribution is 7.96. The smallest absolute Gasteiger partial charge is 0.122 e. The third-order valence-corrected chi connectivity index (χ3v) is 3.78. The predicted octanol–water partition coefficient (Wildman–Crippen LogP) is 0.742. The van der Waals surface area contributed by atoms with Gasteiger partial charge in [-0.25, -0.2) is 0 Å². The molecule has 92 valence electrons. The molecule has 0 unspecified atom stereocenters. The summed E-state index contributed by atoms with van der Waals surface area (Å²) in [6.07, 6.45) is 4.47. The Balaban J connectivity index is 0.00000225. The van der Waals surface area contributed by atoms with Gasteiger partial charge in [0.25, 0.3) is 0 Å². The minimum atomic E-state index is 0. The van der Waals surface area contributed by atoms with Gasteiger partial charge in [0.2, 0.25) is 0 Å². The quantitative estimate of drug-likeness (QED) is 0.722. The largest absolute Gasteiger partial charge is 1.00 e. The van der Waals surface area contributed by atoms with E-state index in [0.717, 1.165) is 5.02 Å². The van der Waals surface area contributed by atoms with Crippen LogP contribution in [0.3, 0.4) is 0 Å². The van der Waals surface area contributed by atoms with Gasteiger partial charge in [-0.3, -0.25) is 0 Å². The van der Waals surface area contributed by atoms with Crippen molar-refractivity contribution in [3.05, 3.63) is 29.3 Å². The van der Waals surface area contributed by atoms with E-state index in [1.165, 1.54) is 5.69 Å². The van der Waals surface area contributed by atoms with Gasteiger partial charge < -0.3 is 12.4 Å². The van der Waals surface area contributed by atoms with E-state index in [-0.39, 0.29) is 29.0 Å². The van der Waals surface area contributed by atoms with Crippen LogP contribution in [0.5, 0.6) is 0 Å². The van der Waals surface area contributed by atoms with Crippen molar-refractivity contribution in [2.24, 2.45) is 0 Å². The van der Waals surface area contributed by atoms with E-state index >= 15 is 0 Å². The summed E-state index contributed by atoms with van der Waals surface area (Å²) in [7, 11) is 0. The molecule has 4 heteroatoms. The predicted molar refractivity (Wildman–Crippen MR) is 72.9 cm³/mol. The molecule has 0 aliphatic heterocycles. The normalized spacial score (nSPS) is 11.2. The van der Waals surface area contributed by atoms with E-state index in [4.69, 9.17) is 11.6 Å². The average Bonchev–Trinajstić information content (AvgIpc) is 2.05. The fraction of sp³-hybridized carbons (Fsp3) is 0.500. The monoisotopic (exact) mass is 279 g/mol. The molecule has 0 saturated heterocycles. The summed E-state index contributed by atoms with van der Waals surface area (Å²) in [5.41, 5.74) is 1.38. The molecular formula is C12H19Cl2NS. The number of hydrogen-bond donors (Lipinski definition) is 0. The van der Waals surface area contributed by atoms with Gasteiger partial charge in [-0.05, 0) is 45.0 Å². The number of benzene rings is 1. The highest BCUT2D eigenvalue weighted by atomic mass is 35.5. The second kappa shape index (κ2) is 6.04. The van der Waals surface area contributed by atoms with Gasteiger partial charge in [0.1, 0.15) is 12.5 Å². The molecule has 0 fully saturated rings. The van der Waals surface area contributed by atoms with Gasteiger partial charge in [0.15, 0.2) is 0 Å². The van der Waals surface area contributed by atoms with Gasteiger partial charge in [0, 0.05) is 5.02 Å². The molecule has 0 N–H and O–H groups in total. The molecular weight excluding hydrogens is 261 g/mol. The van der Waals surface area contributed by atoms with Crippen molar-refractivity contribution in [3.63, 3.8) is 0 Å². The van der Waals surface area contributed by atoms with Gasteiger partial charge in [0.05, 0.1) is 22.3 Å². The molecule has 0 atom stereocenters. The summed E-state index contributed by atoms with van der Waals surface area (Å²) in [4.78, 5) is 0. The van der Waals surface area contributed by atoms with Crippen molar-refractivity contribution in [2.45, 2.75) is 26.3 Å². The van der Waals surface area contributed by atoms with E-state index in [2.05, 4.69) is 49.7 Å². The van der Waals surface area contributed by atoms with Crippen molar-refractivity contribution in [1.82, 2.24) is 0 Å². The Morgan fingerprint density at radius 2 is 1.50 bits per heavy atom. The van der Waals surface area contributed by atoms with E-state index in [1.54, 1.807) is 0 Å². The highest BCUT2D eigenvalue weighted by Gasteiger charge is 2.31. The van der Waals surface area contributed by atoms with Crippen LogP contribution in [0.15, 0.2) is 24.3 Å². The molecule has 1 nitrogen and oxygen atoms in total. The molecule has 0 aliphatic carbocycles. The van der Waals surface area contributed by atoms with Crippen LogP contribution in [0.4, 0.5) is 5.69 Å². The fourth-order valence-electron chi connectivity index (χ4n) is 1.72. The van der Waals surface area contributed by atoms with E-state index in [9.17, 15) is 0 Å². The first-order valence-electron chi connectivity index (χ1n) is 4.96. The van der Waals surface area contributed by atoms with Crippen molar-refractivity contribution >= 4 is 28.4 Å². The third kappa shape index (κ3) is 4.08. The van der Waals surface area contributed by atoms with Gasteiger partial charge >= 0.3 is 0 Å². The van der Waals surface area contributed by atoms with Crippen LogP contribution in [0.25, 0.3) is 0 Å². The first-order chi connectivity index (χ1) is 6.82. The molecule has 0 radical (unpaired) electrons. The Morgan fingerprint density at radius 3 is 1.81 bits per heavy atom. The maximum Gasteiger partial charge on any atom is 0.122 e. The zero-order valence-electron chi connectivity index (χ0n) is 10.4. The van der Waals surface area contributed by atoms with Gasteiger partial charge in [-0.15, -0.1) is 0 Å². The molecule has 1 aromatic carbocycles. The van der Waals surface area contributed by atoms with E-state index < -0.39 is 0 Å². The van der Waals surface area contributed by atoms with Crippen molar-refractivity contribution in [1.29, 1.82) is 0 Å². The van der Waals surface area contributed by atoms with Crippen molar-refractivity contribution in [3.8, 4) is 0 Å². The summed E-state index contributed by atoms with van der Waals surface area (Å²) in [6.45, 7) is 6.69. The lowest BCUT2D eigenvalue weighted by atomic mass is 10.1. The zero-order chi connectivity index (χ0) is 11.6. The summed E-state index contributed by atoms with van der Waals surface area (Å²) >= 11 is 6.10. The van der Waals surface area contributed by atoms with Crippen molar-refractivity contribution < 1.29 is 12.4 Å².